The molecule has 2 amide bonds. The van der Waals surface area contributed by atoms with Crippen molar-refractivity contribution < 1.29 is 27.2 Å². The van der Waals surface area contributed by atoms with Crippen LogP contribution in [0.3, 0.4) is 0 Å². The van der Waals surface area contributed by atoms with Crippen molar-refractivity contribution in [2.45, 2.75) is 12.7 Å². The van der Waals surface area contributed by atoms with Gasteiger partial charge < -0.3 is 10.6 Å². The van der Waals surface area contributed by atoms with Crippen LogP contribution < -0.4 is 10.6 Å². The van der Waals surface area contributed by atoms with Crippen molar-refractivity contribution in [3.63, 3.8) is 0 Å². The van der Waals surface area contributed by atoms with Gasteiger partial charge in [-0.2, -0.15) is 13.2 Å². The van der Waals surface area contributed by atoms with Crippen LogP contribution in [0.25, 0.3) is 0 Å². The average Bonchev–Trinajstić information content (AvgIpc) is 2.53. The molecule has 0 spiro atoms. The zero-order chi connectivity index (χ0) is 17.7. The molecule has 0 aliphatic carbocycles. The molecular weight excluding hydrogens is 328 g/mol. The lowest BCUT2D eigenvalue weighted by atomic mass is 10.1. The standard InChI is InChI=1S/C16H12F4N2O2/c17-12-3-1-2-11(8-12)14(23)21-9-10-4-6-13(7-5-10)22-15(24)16(18,19)20/h1-8H,9H2,(H,21,23)(H,22,24). The van der Waals surface area contributed by atoms with E-state index in [1.54, 1.807) is 5.32 Å². The van der Waals surface area contributed by atoms with Crippen LogP contribution in [0.1, 0.15) is 15.9 Å². The molecule has 0 unspecified atom stereocenters. The first-order valence-corrected chi connectivity index (χ1v) is 6.76. The smallest absolute Gasteiger partial charge is 0.348 e. The third kappa shape index (κ3) is 4.80. The fraction of sp³-hybridized carbons (Fsp3) is 0.125. The van der Waals surface area contributed by atoms with E-state index in [1.807, 2.05) is 0 Å². The van der Waals surface area contributed by atoms with Gasteiger partial charge in [-0.1, -0.05) is 18.2 Å². The number of carbonyl (C=O) groups is 2. The van der Waals surface area contributed by atoms with Gasteiger partial charge in [-0.05, 0) is 35.9 Å². The number of alkyl halides is 3. The lowest BCUT2D eigenvalue weighted by Gasteiger charge is -2.09. The molecule has 0 heterocycles. The van der Waals surface area contributed by atoms with Gasteiger partial charge in [-0.15, -0.1) is 0 Å². The van der Waals surface area contributed by atoms with Crippen molar-refractivity contribution >= 4 is 17.5 Å². The van der Waals surface area contributed by atoms with E-state index in [1.165, 1.54) is 42.5 Å². The molecule has 2 aromatic carbocycles. The number of benzene rings is 2. The molecule has 2 N–H and O–H groups in total. The van der Waals surface area contributed by atoms with Gasteiger partial charge in [-0.3, -0.25) is 9.59 Å². The topological polar surface area (TPSA) is 58.2 Å². The first kappa shape index (κ1) is 17.5. The minimum absolute atomic E-state index is 0.0162. The Morgan fingerprint density at radius 1 is 1.00 bits per heavy atom. The monoisotopic (exact) mass is 340 g/mol. The normalized spacial score (nSPS) is 11.0. The van der Waals surface area contributed by atoms with Crippen LogP contribution >= 0.6 is 0 Å². The Hall–Kier alpha value is -2.90. The zero-order valence-corrected chi connectivity index (χ0v) is 12.2. The van der Waals surface area contributed by atoms with Gasteiger partial charge in [0.1, 0.15) is 5.82 Å². The summed E-state index contributed by atoms with van der Waals surface area (Å²) in [7, 11) is 0. The maximum atomic E-state index is 13.0. The summed E-state index contributed by atoms with van der Waals surface area (Å²) in [5, 5.41) is 4.27. The van der Waals surface area contributed by atoms with E-state index in [9.17, 15) is 27.2 Å². The summed E-state index contributed by atoms with van der Waals surface area (Å²) in [6.07, 6.45) is -4.96. The number of nitrogens with one attached hydrogen (secondary N) is 2. The quantitative estimate of drug-likeness (QED) is 0.840. The second kappa shape index (κ2) is 7.12. The summed E-state index contributed by atoms with van der Waals surface area (Å²) >= 11 is 0. The van der Waals surface area contributed by atoms with E-state index in [2.05, 4.69) is 5.32 Å². The number of amides is 2. The van der Waals surface area contributed by atoms with Crippen molar-refractivity contribution in [1.29, 1.82) is 0 Å². The Morgan fingerprint density at radius 2 is 1.67 bits per heavy atom. The van der Waals surface area contributed by atoms with Gasteiger partial charge in [0.15, 0.2) is 0 Å². The molecule has 2 aromatic rings. The molecule has 0 saturated carbocycles. The van der Waals surface area contributed by atoms with Crippen LogP contribution in [-0.2, 0) is 11.3 Å². The third-order valence-corrected chi connectivity index (χ3v) is 3.01. The molecule has 0 aliphatic heterocycles. The van der Waals surface area contributed by atoms with Crippen molar-refractivity contribution in [2.24, 2.45) is 0 Å². The second-order valence-electron chi connectivity index (χ2n) is 4.84. The molecule has 0 aromatic heterocycles. The summed E-state index contributed by atoms with van der Waals surface area (Å²) in [5.41, 5.74) is 0.742. The minimum Gasteiger partial charge on any atom is -0.348 e. The Bertz CT molecular complexity index is 742. The van der Waals surface area contributed by atoms with Crippen LogP contribution in [0.2, 0.25) is 0 Å². The van der Waals surface area contributed by atoms with E-state index < -0.39 is 23.8 Å². The summed E-state index contributed by atoms with van der Waals surface area (Å²) in [6.45, 7) is 0.100. The SMILES string of the molecule is O=C(NCc1ccc(NC(=O)C(F)(F)F)cc1)c1cccc(F)c1. The number of carbonyl (C=O) groups excluding carboxylic acids is 2. The van der Waals surface area contributed by atoms with Gasteiger partial charge >= 0.3 is 12.1 Å². The van der Waals surface area contributed by atoms with Crippen LogP contribution in [0.15, 0.2) is 48.5 Å². The highest BCUT2D eigenvalue weighted by molar-refractivity contribution is 5.95. The highest BCUT2D eigenvalue weighted by Crippen LogP contribution is 2.18. The van der Waals surface area contributed by atoms with Crippen molar-refractivity contribution in [2.75, 3.05) is 5.32 Å². The van der Waals surface area contributed by atoms with Crippen LogP contribution in [-0.4, -0.2) is 18.0 Å². The maximum absolute atomic E-state index is 13.0. The summed E-state index contributed by atoms with van der Waals surface area (Å²) in [5.74, 6) is -3.08. The predicted molar refractivity (Wildman–Crippen MR) is 78.7 cm³/mol. The molecule has 24 heavy (non-hydrogen) atoms. The number of hydrogen-bond acceptors (Lipinski definition) is 2. The van der Waals surface area contributed by atoms with Gasteiger partial charge in [0.05, 0.1) is 0 Å². The average molecular weight is 340 g/mol. The molecule has 2 rings (SSSR count). The van der Waals surface area contributed by atoms with Gasteiger partial charge in [-0.25, -0.2) is 4.39 Å². The maximum Gasteiger partial charge on any atom is 0.471 e. The number of halogens is 4. The first-order valence-electron chi connectivity index (χ1n) is 6.76. The predicted octanol–water partition coefficient (Wildman–Crippen LogP) is 3.26. The van der Waals surface area contributed by atoms with E-state index >= 15 is 0 Å². The molecular formula is C16H12F4N2O2. The third-order valence-electron chi connectivity index (χ3n) is 3.01. The second-order valence-corrected chi connectivity index (χ2v) is 4.84. The molecule has 0 atom stereocenters. The molecule has 4 nitrogen and oxygen atoms in total. The van der Waals surface area contributed by atoms with Gasteiger partial charge in [0, 0.05) is 17.8 Å². The fourth-order valence-electron chi connectivity index (χ4n) is 1.82. The molecule has 126 valence electrons. The molecule has 0 saturated heterocycles. The fourth-order valence-corrected chi connectivity index (χ4v) is 1.82. The number of anilines is 1. The van der Waals surface area contributed by atoms with Crippen molar-refractivity contribution in [3.05, 3.63) is 65.5 Å². The Labute approximate surface area is 134 Å². The molecule has 8 heteroatoms. The van der Waals surface area contributed by atoms with Crippen LogP contribution in [0.5, 0.6) is 0 Å². The Balaban J connectivity index is 1.92. The highest BCUT2D eigenvalue weighted by atomic mass is 19.4. The van der Waals surface area contributed by atoms with Crippen LogP contribution in [0, 0.1) is 5.82 Å². The van der Waals surface area contributed by atoms with Crippen molar-refractivity contribution in [3.8, 4) is 0 Å². The lowest BCUT2D eigenvalue weighted by Crippen LogP contribution is -2.29. The zero-order valence-electron chi connectivity index (χ0n) is 12.2. The molecule has 0 radical (unpaired) electrons. The Morgan fingerprint density at radius 3 is 2.25 bits per heavy atom. The van der Waals surface area contributed by atoms with Crippen LogP contribution in [0.4, 0.5) is 23.2 Å². The Kier molecular flexibility index (Phi) is 5.18. The van der Waals surface area contributed by atoms with E-state index in [0.717, 1.165) is 6.07 Å². The lowest BCUT2D eigenvalue weighted by molar-refractivity contribution is -0.167. The molecule has 0 fully saturated rings. The van der Waals surface area contributed by atoms with Gasteiger partial charge in [0.25, 0.3) is 5.91 Å². The minimum atomic E-state index is -4.96. The van der Waals surface area contributed by atoms with Crippen molar-refractivity contribution in [1.82, 2.24) is 5.32 Å². The largest absolute Gasteiger partial charge is 0.471 e. The number of rotatable bonds is 4. The summed E-state index contributed by atoms with van der Waals surface area (Å²) < 4.78 is 49.4. The van der Waals surface area contributed by atoms with Gasteiger partial charge in [0.2, 0.25) is 0 Å². The first-order chi connectivity index (χ1) is 11.3. The van der Waals surface area contributed by atoms with E-state index in [0.29, 0.717) is 5.56 Å². The summed E-state index contributed by atoms with van der Waals surface area (Å²) in [4.78, 5) is 22.6. The highest BCUT2D eigenvalue weighted by Gasteiger charge is 2.38. The molecule has 0 bridgehead atoms. The number of hydrogen-bond donors (Lipinski definition) is 2. The van der Waals surface area contributed by atoms with E-state index in [-0.39, 0.29) is 17.8 Å². The summed E-state index contributed by atoms with van der Waals surface area (Å²) in [6, 6.07) is 10.6. The molecule has 0 aliphatic rings. The van der Waals surface area contributed by atoms with E-state index in [4.69, 9.17) is 0 Å².